The van der Waals surface area contributed by atoms with Crippen molar-refractivity contribution < 1.29 is 31.4 Å². The van der Waals surface area contributed by atoms with Crippen LogP contribution in [-0.4, -0.2) is 104 Å². The normalized spacial score (nSPS) is 27.2. The highest BCUT2D eigenvalue weighted by Crippen LogP contribution is 2.33. The lowest BCUT2D eigenvalue weighted by atomic mass is 10.1. The molecule has 2 atom stereocenters. The topological polar surface area (TPSA) is 85.7 Å². The summed E-state index contributed by atoms with van der Waals surface area (Å²) < 4.78 is 69.0. The Hall–Kier alpha value is -1.53. The van der Waals surface area contributed by atoms with Crippen molar-refractivity contribution in [3.63, 3.8) is 0 Å². The molecule has 0 radical (unpaired) electrons. The largest absolute Gasteiger partial charge is 0.408 e. The Morgan fingerprint density at radius 2 is 1.96 bits per heavy atom. The number of sulfone groups is 1. The van der Waals surface area contributed by atoms with Crippen molar-refractivity contribution in [2.24, 2.45) is 4.99 Å². The summed E-state index contributed by atoms with van der Waals surface area (Å²) in [7, 11) is -3.46. The van der Waals surface area contributed by atoms with Crippen LogP contribution in [0.2, 0.25) is 0 Å². The Bertz CT molecular complexity index is 719. The number of aliphatic imine (C=N–C) groups is 1. The van der Waals surface area contributed by atoms with Gasteiger partial charge < -0.3 is 24.5 Å². The fraction of sp³-hybridized carbons (Fsp3) is 0.800. The van der Waals surface area contributed by atoms with Gasteiger partial charge in [0, 0.05) is 38.5 Å². The third-order valence-corrected chi connectivity index (χ3v) is 5.71. The van der Waals surface area contributed by atoms with E-state index in [1.54, 1.807) is 0 Å². The van der Waals surface area contributed by atoms with Gasteiger partial charge in [-0.25, -0.2) is 8.42 Å². The number of hydrogen-bond acceptors (Lipinski definition) is 8. The van der Waals surface area contributed by atoms with Crippen molar-refractivity contribution in [2.45, 2.75) is 24.9 Å². The van der Waals surface area contributed by atoms with Crippen LogP contribution in [0.15, 0.2) is 16.9 Å². The molecule has 3 heterocycles. The highest BCUT2D eigenvalue weighted by molar-refractivity contribution is 7.90. The first-order valence-electron chi connectivity index (χ1n) is 8.65. The molecular weight excluding hydrogens is 389 g/mol. The van der Waals surface area contributed by atoms with E-state index in [0.29, 0.717) is 32.1 Å². The number of hydrogen-bond donors (Lipinski definition) is 1. The van der Waals surface area contributed by atoms with Gasteiger partial charge in [0.2, 0.25) is 5.96 Å². The van der Waals surface area contributed by atoms with Crippen LogP contribution in [0, 0.1) is 0 Å². The first kappa shape index (κ1) is 20.2. The number of aliphatic hydroxyl groups is 1. The van der Waals surface area contributed by atoms with E-state index in [1.165, 1.54) is 11.0 Å². The summed E-state index contributed by atoms with van der Waals surface area (Å²) in [5, 5.41) is 10.4. The van der Waals surface area contributed by atoms with Crippen LogP contribution in [0.4, 0.5) is 13.2 Å². The minimum atomic E-state index is -4.53. The molecular formula is C15H23F3N4O4S. The van der Waals surface area contributed by atoms with Crippen molar-refractivity contribution in [2.75, 3.05) is 51.4 Å². The van der Waals surface area contributed by atoms with E-state index in [-0.39, 0.29) is 25.5 Å². The zero-order chi connectivity index (χ0) is 19.8. The third kappa shape index (κ3) is 4.66. The summed E-state index contributed by atoms with van der Waals surface area (Å²) >= 11 is 0. The molecule has 8 nitrogen and oxygen atoms in total. The number of rotatable bonds is 4. The van der Waals surface area contributed by atoms with Crippen molar-refractivity contribution in [1.29, 1.82) is 0 Å². The molecule has 0 amide bonds. The summed E-state index contributed by atoms with van der Waals surface area (Å²) in [5.41, 5.74) is 0. The van der Waals surface area contributed by atoms with Gasteiger partial charge in [-0.3, -0.25) is 0 Å². The molecule has 0 spiro atoms. The predicted octanol–water partition coefficient (Wildman–Crippen LogP) is -0.169. The molecule has 0 aromatic heterocycles. The maximum absolute atomic E-state index is 13.6. The van der Waals surface area contributed by atoms with Crippen molar-refractivity contribution in [3.8, 4) is 0 Å². The lowest BCUT2D eigenvalue weighted by molar-refractivity contribution is -0.183. The summed E-state index contributed by atoms with van der Waals surface area (Å²) in [6.45, 7) is 1.59. The van der Waals surface area contributed by atoms with Gasteiger partial charge in [0.25, 0.3) is 0 Å². The molecule has 0 aliphatic carbocycles. The van der Waals surface area contributed by atoms with Crippen LogP contribution in [0.3, 0.4) is 0 Å². The summed E-state index contributed by atoms with van der Waals surface area (Å²) in [5.74, 6) is -0.0907. The SMILES string of the molecule is CS(=O)(=O)CCN1C2=NC(N3CCOCC3)=CC(O)N2CC[C@H]1C(F)(F)F. The summed E-state index contributed by atoms with van der Waals surface area (Å²) in [4.78, 5) is 8.53. The summed E-state index contributed by atoms with van der Waals surface area (Å²) in [6.07, 6.45) is -3.45. The monoisotopic (exact) mass is 412 g/mol. The van der Waals surface area contributed by atoms with Gasteiger partial charge in [-0.15, -0.1) is 0 Å². The maximum atomic E-state index is 13.6. The first-order chi connectivity index (χ1) is 12.6. The number of nitrogens with zero attached hydrogens (tertiary/aromatic N) is 4. The van der Waals surface area contributed by atoms with E-state index in [1.807, 2.05) is 4.90 Å². The smallest absolute Gasteiger partial charge is 0.378 e. The van der Waals surface area contributed by atoms with Crippen LogP contribution >= 0.6 is 0 Å². The standard InChI is InChI=1S/C15H23F3N4O4S/c1-27(24,25)9-6-21-11(15(16,17)18)2-3-22-13(23)10-12(19-14(21)22)20-4-7-26-8-5-20/h10-11,13,23H,2-9H2,1H3/t11-,13?/m0/s1. The molecule has 154 valence electrons. The molecule has 12 heteroatoms. The van der Waals surface area contributed by atoms with E-state index in [9.17, 15) is 26.7 Å². The molecule has 2 fully saturated rings. The minimum Gasteiger partial charge on any atom is -0.378 e. The van der Waals surface area contributed by atoms with E-state index >= 15 is 0 Å². The zero-order valence-electron chi connectivity index (χ0n) is 14.9. The molecule has 0 aromatic rings. The Balaban J connectivity index is 1.92. The Kier molecular flexibility index (Phi) is 5.59. The predicted molar refractivity (Wildman–Crippen MR) is 91.5 cm³/mol. The average Bonchev–Trinajstić information content (AvgIpc) is 2.58. The number of ether oxygens (including phenoxy) is 1. The number of aliphatic hydroxyl groups excluding tert-OH is 1. The molecule has 3 aliphatic rings. The van der Waals surface area contributed by atoms with Crippen LogP contribution < -0.4 is 0 Å². The van der Waals surface area contributed by atoms with E-state index in [4.69, 9.17) is 4.74 Å². The first-order valence-corrected chi connectivity index (χ1v) is 10.7. The minimum absolute atomic E-state index is 0.0214. The average molecular weight is 412 g/mol. The van der Waals surface area contributed by atoms with Crippen molar-refractivity contribution >= 4 is 15.8 Å². The molecule has 0 aromatic carbocycles. The van der Waals surface area contributed by atoms with Gasteiger partial charge >= 0.3 is 6.18 Å². The number of alkyl halides is 3. The van der Waals surface area contributed by atoms with Crippen LogP contribution in [-0.2, 0) is 14.6 Å². The van der Waals surface area contributed by atoms with Gasteiger partial charge in [-0.05, 0) is 6.42 Å². The second-order valence-electron chi connectivity index (χ2n) is 6.81. The molecule has 1 unspecified atom stereocenters. The fourth-order valence-electron chi connectivity index (χ4n) is 3.39. The van der Waals surface area contributed by atoms with Crippen LogP contribution in [0.1, 0.15) is 6.42 Å². The Morgan fingerprint density at radius 1 is 1.30 bits per heavy atom. The van der Waals surface area contributed by atoms with Crippen LogP contribution in [0.5, 0.6) is 0 Å². The molecule has 1 N–H and O–H groups in total. The van der Waals surface area contributed by atoms with Gasteiger partial charge in [0.15, 0.2) is 6.23 Å². The lowest BCUT2D eigenvalue weighted by Crippen LogP contribution is -2.63. The second-order valence-corrected chi connectivity index (χ2v) is 9.07. The van der Waals surface area contributed by atoms with E-state index in [2.05, 4.69) is 4.99 Å². The Morgan fingerprint density at radius 3 is 2.56 bits per heavy atom. The van der Waals surface area contributed by atoms with E-state index in [0.717, 1.165) is 11.2 Å². The van der Waals surface area contributed by atoms with Crippen molar-refractivity contribution in [3.05, 3.63) is 11.9 Å². The number of guanidine groups is 1. The zero-order valence-corrected chi connectivity index (χ0v) is 15.7. The lowest BCUT2D eigenvalue weighted by Gasteiger charge is -2.47. The highest BCUT2D eigenvalue weighted by atomic mass is 32.2. The quantitative estimate of drug-likeness (QED) is 0.686. The molecule has 3 rings (SSSR count). The molecule has 27 heavy (non-hydrogen) atoms. The van der Waals surface area contributed by atoms with E-state index < -0.39 is 34.0 Å². The second kappa shape index (κ2) is 7.47. The van der Waals surface area contributed by atoms with Gasteiger partial charge in [-0.1, -0.05) is 0 Å². The number of morpholine rings is 1. The third-order valence-electron chi connectivity index (χ3n) is 4.78. The summed E-state index contributed by atoms with van der Waals surface area (Å²) in [6, 6.07) is -1.84. The number of halogens is 3. The number of fused-ring (bicyclic) bond motifs is 1. The maximum Gasteiger partial charge on any atom is 0.408 e. The van der Waals surface area contributed by atoms with Gasteiger partial charge in [-0.2, -0.15) is 18.2 Å². The van der Waals surface area contributed by atoms with Crippen LogP contribution in [0.25, 0.3) is 0 Å². The molecule has 2 saturated heterocycles. The van der Waals surface area contributed by atoms with Gasteiger partial charge in [0.05, 0.1) is 19.0 Å². The molecule has 0 saturated carbocycles. The van der Waals surface area contributed by atoms with Gasteiger partial charge in [0.1, 0.15) is 21.7 Å². The Labute approximate surface area is 155 Å². The molecule has 3 aliphatic heterocycles. The highest BCUT2D eigenvalue weighted by Gasteiger charge is 2.49. The fourth-order valence-corrected chi connectivity index (χ4v) is 3.92. The van der Waals surface area contributed by atoms with Crippen molar-refractivity contribution in [1.82, 2.24) is 14.7 Å². The molecule has 0 bridgehead atoms.